The zero-order valence-corrected chi connectivity index (χ0v) is 17.7. The van der Waals surface area contributed by atoms with Crippen LogP contribution in [0, 0.1) is 6.92 Å². The molecule has 0 fully saturated rings. The lowest BCUT2D eigenvalue weighted by Crippen LogP contribution is -2.28. The van der Waals surface area contributed by atoms with Crippen molar-refractivity contribution >= 4 is 29.0 Å². The van der Waals surface area contributed by atoms with Gasteiger partial charge in [-0.25, -0.2) is 0 Å². The number of amides is 1. The van der Waals surface area contributed by atoms with E-state index in [1.807, 2.05) is 35.8 Å². The van der Waals surface area contributed by atoms with Gasteiger partial charge in [0, 0.05) is 27.5 Å². The van der Waals surface area contributed by atoms with E-state index in [4.69, 9.17) is 11.6 Å². The fourth-order valence-corrected chi connectivity index (χ4v) is 4.11. The Labute approximate surface area is 183 Å². The molecule has 0 bridgehead atoms. The van der Waals surface area contributed by atoms with Gasteiger partial charge >= 0.3 is 0 Å². The Morgan fingerprint density at radius 1 is 1.10 bits per heavy atom. The molecule has 1 aliphatic carbocycles. The third-order valence-electron chi connectivity index (χ3n) is 5.54. The van der Waals surface area contributed by atoms with Crippen LogP contribution in [0.2, 0.25) is 5.02 Å². The molecule has 1 aliphatic rings. The van der Waals surface area contributed by atoms with Crippen molar-refractivity contribution in [1.29, 1.82) is 0 Å². The maximum absolute atomic E-state index is 13.0. The molecule has 0 radical (unpaired) electrons. The van der Waals surface area contributed by atoms with Gasteiger partial charge in [0.1, 0.15) is 6.54 Å². The number of anilines is 1. The maximum atomic E-state index is 13.0. The van der Waals surface area contributed by atoms with Crippen molar-refractivity contribution in [3.63, 3.8) is 0 Å². The number of carbonyl (C=O) groups excluding carboxylic acids is 1. The van der Waals surface area contributed by atoms with Crippen LogP contribution in [0.4, 0.5) is 5.69 Å². The van der Waals surface area contributed by atoms with E-state index in [0.29, 0.717) is 34.3 Å². The van der Waals surface area contributed by atoms with Gasteiger partial charge in [0.2, 0.25) is 11.7 Å². The first kappa shape index (κ1) is 19.5. The molecule has 7 nitrogen and oxygen atoms in total. The average molecular weight is 434 g/mol. The Hall–Kier alpha value is -3.45. The number of hydrogen-bond donors (Lipinski definition) is 1. The van der Waals surface area contributed by atoms with Crippen molar-refractivity contribution in [2.45, 2.75) is 32.7 Å². The first-order valence-corrected chi connectivity index (χ1v) is 10.5. The summed E-state index contributed by atoms with van der Waals surface area (Å²) >= 11 is 5.92. The summed E-state index contributed by atoms with van der Waals surface area (Å²) in [5.74, 6) is 0.641. The van der Waals surface area contributed by atoms with E-state index in [1.54, 1.807) is 24.3 Å². The highest BCUT2D eigenvalue weighted by Gasteiger charge is 2.25. The zero-order valence-electron chi connectivity index (χ0n) is 16.9. The Morgan fingerprint density at radius 2 is 1.84 bits per heavy atom. The van der Waals surface area contributed by atoms with Crippen molar-refractivity contribution in [1.82, 2.24) is 19.2 Å². The third-order valence-corrected chi connectivity index (χ3v) is 5.79. The summed E-state index contributed by atoms with van der Waals surface area (Å²) in [4.78, 5) is 30.5. The van der Waals surface area contributed by atoms with Gasteiger partial charge in [-0.05, 0) is 50.5 Å². The topological polar surface area (TPSA) is 81.3 Å². The lowest BCUT2D eigenvalue weighted by molar-refractivity contribution is -0.116. The predicted molar refractivity (Wildman–Crippen MR) is 120 cm³/mol. The van der Waals surface area contributed by atoms with Crippen LogP contribution >= 0.6 is 11.6 Å². The van der Waals surface area contributed by atoms with Crippen molar-refractivity contribution in [2.75, 3.05) is 5.32 Å². The molecule has 2 aromatic heterocycles. The number of rotatable bonds is 4. The summed E-state index contributed by atoms with van der Waals surface area (Å²) in [5, 5.41) is 7.96. The summed E-state index contributed by atoms with van der Waals surface area (Å²) in [5.41, 5.74) is 4.04. The summed E-state index contributed by atoms with van der Waals surface area (Å²) < 4.78 is 3.15. The first-order chi connectivity index (χ1) is 15.0. The van der Waals surface area contributed by atoms with Gasteiger partial charge in [-0.2, -0.15) is 9.50 Å². The summed E-state index contributed by atoms with van der Waals surface area (Å²) in [6.45, 7) is 2.05. The van der Waals surface area contributed by atoms with Crippen molar-refractivity contribution in [2.24, 2.45) is 0 Å². The van der Waals surface area contributed by atoms with Crippen molar-refractivity contribution in [3.8, 4) is 11.4 Å². The SMILES string of the molecule is Cc1ccc(-c2nc3n(CC(=O)Nc4ccc(Cl)cc4)c4c(c(=O)n3n2)CCC4)cc1. The number of hydrogen-bond acceptors (Lipinski definition) is 4. The number of carbonyl (C=O) groups is 1. The molecule has 0 aliphatic heterocycles. The second kappa shape index (κ2) is 7.67. The highest BCUT2D eigenvalue weighted by molar-refractivity contribution is 6.30. The Morgan fingerprint density at radius 3 is 2.58 bits per heavy atom. The molecule has 1 amide bonds. The standard InChI is InChI=1S/C23H20ClN5O2/c1-14-5-7-15(8-6-14)21-26-23-28(13-20(30)25-17-11-9-16(24)10-12-17)19-4-2-3-18(19)22(31)29(23)27-21/h5-12H,2-4,13H2,1H3,(H,25,30). The zero-order chi connectivity index (χ0) is 21.5. The molecule has 0 saturated heterocycles. The minimum Gasteiger partial charge on any atom is -0.325 e. The quantitative estimate of drug-likeness (QED) is 0.532. The van der Waals surface area contributed by atoms with Gasteiger partial charge < -0.3 is 9.88 Å². The van der Waals surface area contributed by atoms with Crippen LogP contribution in [0.1, 0.15) is 23.2 Å². The normalized spacial score (nSPS) is 12.8. The van der Waals surface area contributed by atoms with Crippen LogP contribution < -0.4 is 10.9 Å². The van der Waals surface area contributed by atoms with Crippen LogP contribution in [-0.2, 0) is 24.2 Å². The van der Waals surface area contributed by atoms with E-state index in [9.17, 15) is 9.59 Å². The van der Waals surface area contributed by atoms with Gasteiger partial charge in [-0.15, -0.1) is 5.10 Å². The molecule has 2 aromatic carbocycles. The highest BCUT2D eigenvalue weighted by atomic mass is 35.5. The van der Waals surface area contributed by atoms with Gasteiger partial charge in [0.05, 0.1) is 0 Å². The third kappa shape index (κ3) is 3.61. The van der Waals surface area contributed by atoms with E-state index in [1.165, 1.54) is 4.52 Å². The monoisotopic (exact) mass is 433 g/mol. The number of halogens is 1. The van der Waals surface area contributed by atoms with Gasteiger partial charge in [0.15, 0.2) is 5.82 Å². The molecule has 4 aromatic rings. The summed E-state index contributed by atoms with van der Waals surface area (Å²) in [7, 11) is 0. The summed E-state index contributed by atoms with van der Waals surface area (Å²) in [6.07, 6.45) is 2.30. The number of aromatic nitrogens is 4. The predicted octanol–water partition coefficient (Wildman–Crippen LogP) is 3.65. The maximum Gasteiger partial charge on any atom is 0.279 e. The molecule has 8 heteroatoms. The van der Waals surface area contributed by atoms with E-state index in [2.05, 4.69) is 15.4 Å². The smallest absolute Gasteiger partial charge is 0.279 e. The number of aryl methyl sites for hydroxylation is 1. The van der Waals surface area contributed by atoms with Crippen LogP contribution in [0.3, 0.4) is 0 Å². The summed E-state index contributed by atoms with van der Waals surface area (Å²) in [6, 6.07) is 14.8. The molecule has 0 atom stereocenters. The number of fused-ring (bicyclic) bond motifs is 2. The molecule has 2 heterocycles. The number of nitrogens with one attached hydrogen (secondary N) is 1. The lowest BCUT2D eigenvalue weighted by atomic mass is 10.1. The van der Waals surface area contributed by atoms with Crippen LogP contribution in [0.5, 0.6) is 0 Å². The minimum atomic E-state index is -0.207. The minimum absolute atomic E-state index is 0.0424. The molecule has 1 N–H and O–H groups in total. The lowest BCUT2D eigenvalue weighted by Gasteiger charge is -2.13. The number of benzene rings is 2. The van der Waals surface area contributed by atoms with Crippen molar-refractivity contribution in [3.05, 3.63) is 80.7 Å². The van der Waals surface area contributed by atoms with Crippen LogP contribution in [0.15, 0.2) is 53.3 Å². The molecule has 156 valence electrons. The van der Waals surface area contributed by atoms with Crippen molar-refractivity contribution < 1.29 is 4.79 Å². The van der Waals surface area contributed by atoms with E-state index in [-0.39, 0.29) is 18.0 Å². The molecular weight excluding hydrogens is 414 g/mol. The Kier molecular flexibility index (Phi) is 4.82. The average Bonchev–Trinajstić information content (AvgIpc) is 3.41. The fraction of sp³-hybridized carbons (Fsp3) is 0.217. The van der Waals surface area contributed by atoms with Gasteiger partial charge in [-0.3, -0.25) is 9.59 Å². The van der Waals surface area contributed by atoms with Crippen LogP contribution in [-0.4, -0.2) is 25.1 Å². The molecule has 5 rings (SSSR count). The Balaban J connectivity index is 1.56. The van der Waals surface area contributed by atoms with Crippen LogP contribution in [0.25, 0.3) is 17.2 Å². The molecule has 31 heavy (non-hydrogen) atoms. The van der Waals surface area contributed by atoms with Gasteiger partial charge in [0.25, 0.3) is 5.56 Å². The molecule has 0 saturated carbocycles. The Bertz CT molecular complexity index is 1350. The second-order valence-electron chi connectivity index (χ2n) is 7.74. The second-order valence-corrected chi connectivity index (χ2v) is 8.17. The first-order valence-electron chi connectivity index (χ1n) is 10.1. The van der Waals surface area contributed by atoms with Gasteiger partial charge in [-0.1, -0.05) is 41.4 Å². The molecule has 0 spiro atoms. The van der Waals surface area contributed by atoms with E-state index < -0.39 is 0 Å². The highest BCUT2D eigenvalue weighted by Crippen LogP contribution is 2.23. The van der Waals surface area contributed by atoms with E-state index in [0.717, 1.165) is 29.7 Å². The number of nitrogens with zero attached hydrogens (tertiary/aromatic N) is 4. The largest absolute Gasteiger partial charge is 0.325 e. The molecular formula is C23H20ClN5O2. The fourth-order valence-electron chi connectivity index (χ4n) is 3.99. The van der Waals surface area contributed by atoms with E-state index >= 15 is 0 Å². The molecule has 0 unspecified atom stereocenters.